The van der Waals surface area contributed by atoms with E-state index in [2.05, 4.69) is 368 Å². The van der Waals surface area contributed by atoms with Crippen molar-refractivity contribution in [2.75, 3.05) is 0 Å². The molecule has 6 nitrogen and oxygen atoms in total. The number of aryl methyl sites for hydroxylation is 22. The Hall–Kier alpha value is -9.78. The summed E-state index contributed by atoms with van der Waals surface area (Å²) in [5.74, 6) is 0. The van der Waals surface area contributed by atoms with Crippen LogP contribution in [0.2, 0.25) is 0 Å². The predicted octanol–water partition coefficient (Wildman–Crippen LogP) is 20.5. The highest BCUT2D eigenvalue weighted by Crippen LogP contribution is 2.31. The minimum atomic E-state index is -2.10. The third-order valence-corrected chi connectivity index (χ3v) is 20.9. The van der Waals surface area contributed by atoms with E-state index >= 15 is 0 Å². The lowest BCUT2D eigenvalue weighted by Gasteiger charge is -2.11. The normalized spacial score (nSPS) is 11.2. The summed E-state index contributed by atoms with van der Waals surface area (Å²) in [5, 5.41) is 0. The Morgan fingerprint density at radius 2 is 0.480 bits per heavy atom. The molecule has 6 aromatic carbocycles. The lowest BCUT2D eigenvalue weighted by molar-refractivity contribution is -0.667. The third-order valence-electron chi connectivity index (χ3n) is 20.9. The molecule has 0 saturated carbocycles. The van der Waals surface area contributed by atoms with Crippen LogP contribution in [-0.2, 0) is 42.3 Å². The average molecular weight is 1360 g/mol. The highest BCUT2D eigenvalue weighted by atomic mass is 15.0. The van der Waals surface area contributed by atoms with E-state index in [1.54, 1.807) is 10.6 Å². The molecule has 0 aliphatic carbocycles. The van der Waals surface area contributed by atoms with Crippen LogP contribution in [0.25, 0.3) is 67.5 Å². The summed E-state index contributed by atoms with van der Waals surface area (Å²) >= 11 is 0. The number of hydrogen-bond donors (Lipinski definition) is 0. The molecule has 0 N–H and O–H groups in total. The fourth-order valence-corrected chi connectivity index (χ4v) is 13.7. The van der Waals surface area contributed by atoms with E-state index in [-0.39, 0.29) is 0 Å². The highest BCUT2D eigenvalue weighted by Gasteiger charge is 2.24. The minimum Gasteiger partial charge on any atom is -0.199 e. The van der Waals surface area contributed by atoms with Gasteiger partial charge in [-0.05, 0) is 240 Å². The Morgan fingerprint density at radius 3 is 0.814 bits per heavy atom. The van der Waals surface area contributed by atoms with Gasteiger partial charge in [-0.1, -0.05) is 96.1 Å². The van der Waals surface area contributed by atoms with Gasteiger partial charge in [0.05, 0.1) is 11.1 Å². The minimum absolute atomic E-state index is 0.369. The van der Waals surface area contributed by atoms with Crippen LogP contribution in [0.1, 0.15) is 138 Å². The van der Waals surface area contributed by atoms with Gasteiger partial charge in [-0.25, -0.2) is 0 Å². The van der Waals surface area contributed by atoms with Gasteiger partial charge in [0.25, 0.3) is 0 Å². The van der Waals surface area contributed by atoms with E-state index in [0.717, 1.165) is 16.8 Å². The van der Waals surface area contributed by atoms with E-state index in [1.807, 2.05) is 32.2 Å². The first kappa shape index (κ1) is 74.9. The molecule has 0 radical (unpaired) electrons. The second kappa shape index (κ2) is 34.7. The van der Waals surface area contributed by atoms with E-state index in [1.165, 1.54) is 179 Å². The van der Waals surface area contributed by atoms with Crippen molar-refractivity contribution in [3.8, 4) is 67.5 Å². The largest absolute Gasteiger partial charge is 0.215 e. The fraction of sp³-hybridized carbons (Fsp3) is 0.312. The van der Waals surface area contributed by atoms with Gasteiger partial charge in [0.1, 0.15) is 42.3 Å². The molecule has 6 heteroatoms. The maximum absolute atomic E-state index is 7.68. The van der Waals surface area contributed by atoms with Gasteiger partial charge in [0.2, 0.25) is 34.2 Å². The number of pyridine rings is 6. The van der Waals surface area contributed by atoms with Crippen LogP contribution in [0, 0.1) is 166 Å². The molecule has 0 spiro atoms. The van der Waals surface area contributed by atoms with Gasteiger partial charge in [0.15, 0.2) is 34.2 Å². The van der Waals surface area contributed by atoms with Crippen molar-refractivity contribution < 1.29 is 31.5 Å². The van der Waals surface area contributed by atoms with Crippen LogP contribution in [0.5, 0.6) is 0 Å². The maximum Gasteiger partial charge on any atom is 0.215 e. The lowest BCUT2D eigenvalue weighted by Crippen LogP contribution is -2.35. The standard InChI is InChI=1S/6C16H20N/c2*1-11-6-7-12(2)15(10-11)16-13(3)8-9-14(4)17(16)5;2*1-11-9-13(3)17(5)16(10-11)15-8-6-7-12(2)14(15)4;2*1-11-7-6-8-12(2)15(11)16-13(3)9-10-14(4)17(16)5/h6*6-10H,1-5H3/q6*+1/i;;3D3;;;. The van der Waals surface area contributed by atoms with Crippen molar-refractivity contribution in [3.05, 3.63) is 316 Å². The van der Waals surface area contributed by atoms with Crippen molar-refractivity contribution >= 4 is 0 Å². The van der Waals surface area contributed by atoms with Gasteiger partial charge in [0, 0.05) is 139 Å². The Morgan fingerprint density at radius 1 is 0.206 bits per heavy atom. The van der Waals surface area contributed by atoms with Gasteiger partial charge < -0.3 is 0 Å². The average Bonchev–Trinajstić information content (AvgIpc) is 0.842. The van der Waals surface area contributed by atoms with Crippen LogP contribution < -0.4 is 27.4 Å². The van der Waals surface area contributed by atoms with Crippen LogP contribution in [-0.4, -0.2) is 0 Å². The summed E-state index contributed by atoms with van der Waals surface area (Å²) in [6.07, 6.45) is 0. The van der Waals surface area contributed by atoms with Crippen LogP contribution in [0.15, 0.2) is 182 Å². The topological polar surface area (TPSA) is 23.3 Å². The van der Waals surface area contributed by atoms with Crippen molar-refractivity contribution in [2.24, 2.45) is 42.3 Å². The summed E-state index contributed by atoms with van der Waals surface area (Å²) in [5.41, 5.74) is 45.6. The number of nitrogens with zero attached hydrogens (tertiary/aromatic N) is 6. The Bertz CT molecular complexity index is 4910. The molecule has 0 saturated heterocycles. The highest BCUT2D eigenvalue weighted by molar-refractivity contribution is 5.70. The van der Waals surface area contributed by atoms with Gasteiger partial charge in [-0.2, -0.15) is 27.4 Å². The van der Waals surface area contributed by atoms with Crippen molar-refractivity contribution in [2.45, 2.75) is 166 Å². The van der Waals surface area contributed by atoms with Crippen molar-refractivity contribution in [1.29, 1.82) is 0 Å². The zero-order chi connectivity index (χ0) is 78.0. The number of hydrogen-bond acceptors (Lipinski definition) is 0. The molecule has 0 amide bonds. The number of rotatable bonds is 6. The molecule has 0 aliphatic rings. The van der Waals surface area contributed by atoms with Crippen molar-refractivity contribution in [3.63, 3.8) is 0 Å². The summed E-state index contributed by atoms with van der Waals surface area (Å²) in [6, 6.07) is 64.7. The molecule has 0 atom stereocenters. The summed E-state index contributed by atoms with van der Waals surface area (Å²) in [7, 11) is 12.5. The summed E-state index contributed by atoms with van der Waals surface area (Å²) < 4.78 is 36.2. The SMILES string of the molecule is Cc1cc(C)[n+](C)c(-c2cccc(C)c2C)c1.Cc1ccc(C)c(-c2c(C)ccc(C)[n+]2C)c1.Cc1ccc(C)c(-c2c(C)ccc(C)[n+]2C)c1.Cc1cccc(C)c1-c1c(C)ccc(C)[n+]1C.Cc1cccc(C)c1-c1c(C)ccc(C)[n+]1C.[2H]C([2H])([2H])c1cc(C)cc(-c2cccc(C)c2C)[n+]1C. The van der Waals surface area contributed by atoms with Gasteiger partial charge >= 0.3 is 0 Å². The molecule has 0 aliphatic heterocycles. The van der Waals surface area contributed by atoms with E-state index < -0.39 is 6.85 Å². The van der Waals surface area contributed by atoms with Crippen molar-refractivity contribution in [1.82, 2.24) is 0 Å². The lowest BCUT2D eigenvalue weighted by atomic mass is 9.96. The first-order valence-corrected chi connectivity index (χ1v) is 36.0. The van der Waals surface area contributed by atoms with E-state index in [9.17, 15) is 0 Å². The second-order valence-corrected chi connectivity index (χ2v) is 28.9. The molecule has 0 fully saturated rings. The Balaban J connectivity index is 0.000000176. The van der Waals surface area contributed by atoms with E-state index in [4.69, 9.17) is 4.11 Å². The maximum atomic E-state index is 7.68. The molecule has 0 unspecified atom stereocenters. The first-order valence-electron chi connectivity index (χ1n) is 37.5. The second-order valence-electron chi connectivity index (χ2n) is 28.9. The number of benzene rings is 6. The Labute approximate surface area is 620 Å². The summed E-state index contributed by atoms with van der Waals surface area (Å²) in [6.45, 7) is 47.3. The molecule has 102 heavy (non-hydrogen) atoms. The van der Waals surface area contributed by atoms with Gasteiger partial charge in [-0.3, -0.25) is 0 Å². The monoisotopic (exact) mass is 1360 g/mol. The molecule has 6 aromatic heterocycles. The molecule has 12 aromatic rings. The quantitative estimate of drug-likeness (QED) is 0.148. The third kappa shape index (κ3) is 18.7. The molecule has 0 bridgehead atoms. The Kier molecular flexibility index (Phi) is 25.5. The molecule has 528 valence electrons. The molecular weight excluding hydrogens is 1240 g/mol. The smallest absolute Gasteiger partial charge is 0.199 e. The molecule has 12 rings (SSSR count). The van der Waals surface area contributed by atoms with Crippen LogP contribution in [0.3, 0.4) is 0 Å². The summed E-state index contributed by atoms with van der Waals surface area (Å²) in [4.78, 5) is 0. The first-order chi connectivity index (χ1) is 49.3. The molecule has 6 heterocycles. The predicted molar refractivity (Wildman–Crippen MR) is 432 cm³/mol. The van der Waals surface area contributed by atoms with E-state index in [0.29, 0.717) is 5.69 Å². The fourth-order valence-electron chi connectivity index (χ4n) is 13.7. The zero-order valence-electron chi connectivity index (χ0n) is 70.5. The zero-order valence-corrected chi connectivity index (χ0v) is 67.5. The number of aromatic nitrogens is 6. The molecular formula is C96H120N6+6. The van der Waals surface area contributed by atoms with Crippen LogP contribution >= 0.6 is 0 Å². The van der Waals surface area contributed by atoms with Gasteiger partial charge in [-0.15, -0.1) is 0 Å². The van der Waals surface area contributed by atoms with Crippen LogP contribution in [0.4, 0.5) is 0 Å².